The molecule has 1 saturated heterocycles. The van der Waals surface area contributed by atoms with Crippen LogP contribution in [0.1, 0.15) is 12.8 Å². The second-order valence-corrected chi connectivity index (χ2v) is 6.14. The maximum absolute atomic E-state index is 9.88. The number of halogens is 2. The van der Waals surface area contributed by atoms with E-state index in [4.69, 9.17) is 27.9 Å². The molecule has 1 aliphatic heterocycles. The molecule has 1 aromatic rings. The molecule has 1 fully saturated rings. The van der Waals surface area contributed by atoms with Crippen LogP contribution < -0.4 is 10.1 Å². The molecule has 0 aromatic heterocycles. The first kappa shape index (κ1) is 16.8. The van der Waals surface area contributed by atoms with Crippen LogP contribution in [0, 0.1) is 0 Å². The third-order valence-electron chi connectivity index (χ3n) is 3.51. The molecule has 1 unspecified atom stereocenters. The van der Waals surface area contributed by atoms with E-state index < -0.39 is 6.10 Å². The van der Waals surface area contributed by atoms with E-state index in [-0.39, 0.29) is 6.61 Å². The molecule has 0 radical (unpaired) electrons. The van der Waals surface area contributed by atoms with Crippen LogP contribution in [0.3, 0.4) is 0 Å². The van der Waals surface area contributed by atoms with Gasteiger partial charge >= 0.3 is 0 Å². The number of nitrogens with zero attached hydrogens (tertiary/aromatic N) is 1. The lowest BCUT2D eigenvalue weighted by Crippen LogP contribution is -2.36. The predicted octanol–water partition coefficient (Wildman–Crippen LogP) is 2.42. The smallest absolute Gasteiger partial charge is 0.138 e. The Labute approximate surface area is 136 Å². The first-order chi connectivity index (χ1) is 10.1. The largest absolute Gasteiger partial charge is 0.489 e. The molecule has 0 amide bonds. The molecule has 1 aromatic carbocycles. The number of nitrogens with one attached hydrogen (secondary N) is 1. The molecule has 0 spiro atoms. The average Bonchev–Trinajstić information content (AvgIpc) is 2.96. The van der Waals surface area contributed by atoms with Crippen LogP contribution in [0.4, 0.5) is 0 Å². The Morgan fingerprint density at radius 1 is 1.29 bits per heavy atom. The van der Waals surface area contributed by atoms with Gasteiger partial charge in [-0.1, -0.05) is 23.2 Å². The van der Waals surface area contributed by atoms with Crippen molar-refractivity contribution in [3.63, 3.8) is 0 Å². The summed E-state index contributed by atoms with van der Waals surface area (Å²) in [6, 6.07) is 5.04. The number of ether oxygens (including phenoxy) is 1. The summed E-state index contributed by atoms with van der Waals surface area (Å²) in [7, 11) is 0. The Kier molecular flexibility index (Phi) is 7.07. The van der Waals surface area contributed by atoms with Gasteiger partial charge in [0, 0.05) is 24.7 Å². The fourth-order valence-corrected chi connectivity index (χ4v) is 2.81. The van der Waals surface area contributed by atoms with Gasteiger partial charge in [-0.3, -0.25) is 0 Å². The third kappa shape index (κ3) is 6.01. The van der Waals surface area contributed by atoms with Crippen molar-refractivity contribution >= 4 is 23.2 Å². The zero-order chi connectivity index (χ0) is 15.1. The Hall–Kier alpha value is -0.520. The highest BCUT2D eigenvalue weighted by Gasteiger charge is 2.11. The van der Waals surface area contributed by atoms with E-state index in [1.807, 2.05) is 0 Å². The van der Waals surface area contributed by atoms with Crippen molar-refractivity contribution in [1.29, 1.82) is 0 Å². The van der Waals surface area contributed by atoms with Crippen molar-refractivity contribution in [3.8, 4) is 5.75 Å². The standard InChI is InChI=1S/C15H22Cl2N2O2/c16-12-3-4-15(14(17)9-12)21-11-13(20)10-18-5-8-19-6-1-2-7-19/h3-4,9,13,18,20H,1-2,5-8,10-11H2. The van der Waals surface area contributed by atoms with Crippen LogP contribution in [0.25, 0.3) is 0 Å². The van der Waals surface area contributed by atoms with Gasteiger partial charge in [-0.05, 0) is 44.1 Å². The van der Waals surface area contributed by atoms with E-state index in [1.54, 1.807) is 18.2 Å². The zero-order valence-electron chi connectivity index (χ0n) is 12.0. The van der Waals surface area contributed by atoms with Crippen LogP contribution in [0.2, 0.25) is 10.0 Å². The van der Waals surface area contributed by atoms with Gasteiger partial charge in [-0.25, -0.2) is 0 Å². The van der Waals surface area contributed by atoms with Gasteiger partial charge < -0.3 is 20.1 Å². The lowest BCUT2D eigenvalue weighted by atomic mass is 10.3. The highest BCUT2D eigenvalue weighted by atomic mass is 35.5. The molecular weight excluding hydrogens is 311 g/mol. The Morgan fingerprint density at radius 3 is 2.76 bits per heavy atom. The van der Waals surface area contributed by atoms with Crippen LogP contribution in [-0.2, 0) is 0 Å². The molecule has 1 aliphatic rings. The minimum absolute atomic E-state index is 0.206. The summed E-state index contributed by atoms with van der Waals surface area (Å²) in [5.41, 5.74) is 0. The molecule has 118 valence electrons. The highest BCUT2D eigenvalue weighted by Crippen LogP contribution is 2.27. The van der Waals surface area contributed by atoms with E-state index in [0.29, 0.717) is 22.3 Å². The van der Waals surface area contributed by atoms with Gasteiger partial charge in [0.15, 0.2) is 0 Å². The molecule has 1 atom stereocenters. The SMILES string of the molecule is OC(CNCCN1CCCC1)COc1ccc(Cl)cc1Cl. The highest BCUT2D eigenvalue weighted by molar-refractivity contribution is 6.35. The topological polar surface area (TPSA) is 44.7 Å². The molecular formula is C15H22Cl2N2O2. The fourth-order valence-electron chi connectivity index (χ4n) is 2.35. The lowest BCUT2D eigenvalue weighted by Gasteiger charge is -2.17. The van der Waals surface area contributed by atoms with Crippen molar-refractivity contribution in [2.24, 2.45) is 0 Å². The summed E-state index contributed by atoms with van der Waals surface area (Å²) in [6.45, 7) is 5.04. The van der Waals surface area contributed by atoms with Crippen molar-refractivity contribution in [1.82, 2.24) is 10.2 Å². The number of hydrogen-bond donors (Lipinski definition) is 2. The van der Waals surface area contributed by atoms with E-state index in [2.05, 4.69) is 10.2 Å². The summed E-state index contributed by atoms with van der Waals surface area (Å²) < 4.78 is 5.49. The fraction of sp³-hybridized carbons (Fsp3) is 0.600. The monoisotopic (exact) mass is 332 g/mol. The van der Waals surface area contributed by atoms with Crippen LogP contribution in [0.5, 0.6) is 5.75 Å². The Balaban J connectivity index is 1.59. The maximum atomic E-state index is 9.88. The minimum atomic E-state index is -0.560. The Bertz CT molecular complexity index is 440. The van der Waals surface area contributed by atoms with Gasteiger partial charge in [-0.2, -0.15) is 0 Å². The average molecular weight is 333 g/mol. The third-order valence-corrected chi connectivity index (χ3v) is 4.04. The van der Waals surface area contributed by atoms with Crippen LogP contribution >= 0.6 is 23.2 Å². The first-order valence-electron chi connectivity index (χ1n) is 7.34. The summed E-state index contributed by atoms with van der Waals surface area (Å²) in [4.78, 5) is 2.43. The van der Waals surface area contributed by atoms with Crippen molar-refractivity contribution in [2.45, 2.75) is 18.9 Å². The number of benzene rings is 1. The molecule has 6 heteroatoms. The van der Waals surface area contributed by atoms with Gasteiger partial charge in [0.25, 0.3) is 0 Å². The van der Waals surface area contributed by atoms with Crippen molar-refractivity contribution < 1.29 is 9.84 Å². The number of aliphatic hydroxyl groups is 1. The van der Waals surface area contributed by atoms with Gasteiger partial charge in [-0.15, -0.1) is 0 Å². The number of rotatable bonds is 8. The van der Waals surface area contributed by atoms with Gasteiger partial charge in [0.05, 0.1) is 5.02 Å². The van der Waals surface area contributed by atoms with E-state index in [1.165, 1.54) is 25.9 Å². The van der Waals surface area contributed by atoms with E-state index in [0.717, 1.165) is 13.1 Å². The molecule has 4 nitrogen and oxygen atoms in total. The van der Waals surface area contributed by atoms with Crippen LogP contribution in [0.15, 0.2) is 18.2 Å². The van der Waals surface area contributed by atoms with E-state index in [9.17, 15) is 5.11 Å². The second kappa shape index (κ2) is 8.81. The number of hydrogen-bond acceptors (Lipinski definition) is 4. The van der Waals surface area contributed by atoms with Crippen LogP contribution in [-0.4, -0.2) is 55.4 Å². The molecule has 2 rings (SSSR count). The molecule has 0 saturated carbocycles. The van der Waals surface area contributed by atoms with Gasteiger partial charge in [0.2, 0.25) is 0 Å². The predicted molar refractivity (Wildman–Crippen MR) is 86.5 cm³/mol. The Morgan fingerprint density at radius 2 is 2.05 bits per heavy atom. The molecule has 2 N–H and O–H groups in total. The molecule has 0 aliphatic carbocycles. The summed E-state index contributed by atoms with van der Waals surface area (Å²) in [5, 5.41) is 14.1. The maximum Gasteiger partial charge on any atom is 0.138 e. The van der Waals surface area contributed by atoms with Gasteiger partial charge in [0.1, 0.15) is 18.5 Å². The lowest BCUT2D eigenvalue weighted by molar-refractivity contribution is 0.106. The summed E-state index contributed by atoms with van der Waals surface area (Å²) in [5.74, 6) is 0.539. The first-order valence-corrected chi connectivity index (χ1v) is 8.10. The molecule has 21 heavy (non-hydrogen) atoms. The van der Waals surface area contributed by atoms with E-state index >= 15 is 0 Å². The normalized spacial score (nSPS) is 17.1. The van der Waals surface area contributed by atoms with Crippen molar-refractivity contribution in [2.75, 3.05) is 39.3 Å². The molecule has 1 heterocycles. The number of likely N-dealkylation sites (tertiary alicyclic amines) is 1. The minimum Gasteiger partial charge on any atom is -0.489 e. The second-order valence-electron chi connectivity index (χ2n) is 5.29. The quantitative estimate of drug-likeness (QED) is 0.717. The number of aliphatic hydroxyl groups excluding tert-OH is 1. The molecule has 0 bridgehead atoms. The zero-order valence-corrected chi connectivity index (χ0v) is 13.5. The van der Waals surface area contributed by atoms with Crippen molar-refractivity contribution in [3.05, 3.63) is 28.2 Å². The summed E-state index contributed by atoms with van der Waals surface area (Å²) in [6.07, 6.45) is 2.05. The summed E-state index contributed by atoms with van der Waals surface area (Å²) >= 11 is 11.8.